The number of aliphatic hydroxyl groups excluding tert-OH is 1. The highest BCUT2D eigenvalue weighted by molar-refractivity contribution is 6.35. The normalized spacial score (nSPS) is 21.4. The van der Waals surface area contributed by atoms with E-state index < -0.39 is 0 Å². The van der Waals surface area contributed by atoms with E-state index in [2.05, 4.69) is 15.1 Å². The lowest BCUT2D eigenvalue weighted by Gasteiger charge is -2.18. The molecule has 1 aliphatic heterocycles. The number of β-amino-alcohol motifs (C(OH)–C–C–N with tert-alkyl or cyclic N) is 1. The number of aryl methyl sites for hydroxylation is 1. The van der Waals surface area contributed by atoms with Gasteiger partial charge in [-0.3, -0.25) is 10.00 Å². The summed E-state index contributed by atoms with van der Waals surface area (Å²) in [7, 11) is 1.60. The SMILES string of the molecule is COc1c(Cl)cc(Cl)cc1CN1CC(O)C(Cc2cc(C)[nH]n2)C1. The molecule has 0 amide bonds. The lowest BCUT2D eigenvalue weighted by Crippen LogP contribution is -2.21. The Hall–Kier alpha value is -1.27. The van der Waals surface area contributed by atoms with Crippen LogP contribution >= 0.6 is 23.2 Å². The summed E-state index contributed by atoms with van der Waals surface area (Å²) in [5, 5.41) is 18.7. The predicted molar refractivity (Wildman–Crippen MR) is 94.8 cm³/mol. The Labute approximate surface area is 151 Å². The zero-order chi connectivity index (χ0) is 17.3. The summed E-state index contributed by atoms with van der Waals surface area (Å²) in [5.74, 6) is 0.801. The molecule has 1 aromatic carbocycles. The highest BCUT2D eigenvalue weighted by Crippen LogP contribution is 2.34. The van der Waals surface area contributed by atoms with E-state index >= 15 is 0 Å². The van der Waals surface area contributed by atoms with Crippen molar-refractivity contribution in [2.45, 2.75) is 26.0 Å². The van der Waals surface area contributed by atoms with Crippen molar-refractivity contribution < 1.29 is 9.84 Å². The summed E-state index contributed by atoms with van der Waals surface area (Å²) in [6, 6.07) is 5.56. The number of likely N-dealkylation sites (tertiary alicyclic amines) is 1. The Morgan fingerprint density at radius 3 is 2.79 bits per heavy atom. The number of hydrogen-bond acceptors (Lipinski definition) is 4. The van der Waals surface area contributed by atoms with E-state index in [-0.39, 0.29) is 12.0 Å². The maximum atomic E-state index is 10.4. The van der Waals surface area contributed by atoms with Crippen molar-refractivity contribution in [3.8, 4) is 5.75 Å². The van der Waals surface area contributed by atoms with E-state index in [0.717, 1.165) is 29.9 Å². The van der Waals surface area contributed by atoms with Crippen LogP contribution in [0.25, 0.3) is 0 Å². The van der Waals surface area contributed by atoms with Gasteiger partial charge in [0.2, 0.25) is 0 Å². The smallest absolute Gasteiger partial charge is 0.142 e. The number of aliphatic hydroxyl groups is 1. The van der Waals surface area contributed by atoms with Crippen molar-refractivity contribution in [2.24, 2.45) is 5.92 Å². The number of nitrogens with one attached hydrogen (secondary N) is 1. The summed E-state index contributed by atoms with van der Waals surface area (Å²) in [4.78, 5) is 2.19. The number of hydrogen-bond donors (Lipinski definition) is 2. The minimum atomic E-state index is -0.373. The quantitative estimate of drug-likeness (QED) is 0.849. The molecule has 1 aromatic heterocycles. The molecule has 0 aliphatic carbocycles. The van der Waals surface area contributed by atoms with E-state index in [0.29, 0.717) is 28.9 Å². The average Bonchev–Trinajstić information content (AvgIpc) is 3.05. The van der Waals surface area contributed by atoms with Gasteiger partial charge in [0, 0.05) is 41.8 Å². The van der Waals surface area contributed by atoms with Crippen molar-refractivity contribution >= 4 is 23.2 Å². The van der Waals surface area contributed by atoms with Crippen LogP contribution in [0.5, 0.6) is 5.75 Å². The van der Waals surface area contributed by atoms with Gasteiger partial charge in [-0.05, 0) is 31.5 Å². The maximum Gasteiger partial charge on any atom is 0.142 e. The Kier molecular flexibility index (Phi) is 5.35. The second-order valence-electron chi connectivity index (χ2n) is 6.35. The number of benzene rings is 1. The Morgan fingerprint density at radius 2 is 2.12 bits per heavy atom. The lowest BCUT2D eigenvalue weighted by atomic mass is 10.0. The van der Waals surface area contributed by atoms with Crippen LogP contribution in [0.4, 0.5) is 0 Å². The number of methoxy groups -OCH3 is 1. The summed E-state index contributed by atoms with van der Waals surface area (Å²) in [5.41, 5.74) is 2.95. The zero-order valence-corrected chi connectivity index (χ0v) is 15.2. The second-order valence-corrected chi connectivity index (χ2v) is 7.19. The lowest BCUT2D eigenvalue weighted by molar-refractivity contribution is 0.140. The molecule has 0 radical (unpaired) electrons. The van der Waals surface area contributed by atoms with Crippen molar-refractivity contribution in [2.75, 3.05) is 20.2 Å². The number of aromatic nitrogens is 2. The Balaban J connectivity index is 1.69. The third-order valence-electron chi connectivity index (χ3n) is 4.40. The molecule has 0 bridgehead atoms. The van der Waals surface area contributed by atoms with E-state index in [9.17, 15) is 5.11 Å². The second kappa shape index (κ2) is 7.31. The van der Waals surface area contributed by atoms with E-state index in [1.165, 1.54) is 0 Å². The van der Waals surface area contributed by atoms with Crippen LogP contribution in [-0.4, -0.2) is 46.5 Å². The van der Waals surface area contributed by atoms with Crippen molar-refractivity contribution in [1.29, 1.82) is 0 Å². The molecule has 0 spiro atoms. The number of H-pyrrole nitrogens is 1. The molecule has 2 N–H and O–H groups in total. The molecule has 2 unspecified atom stereocenters. The monoisotopic (exact) mass is 369 g/mol. The molecule has 1 saturated heterocycles. The van der Waals surface area contributed by atoms with Crippen LogP contribution in [0.1, 0.15) is 17.0 Å². The molecule has 7 heteroatoms. The van der Waals surface area contributed by atoms with Gasteiger partial charge in [-0.2, -0.15) is 5.10 Å². The molecule has 0 saturated carbocycles. The maximum absolute atomic E-state index is 10.4. The zero-order valence-electron chi connectivity index (χ0n) is 13.7. The largest absolute Gasteiger partial charge is 0.495 e. The minimum absolute atomic E-state index is 0.161. The molecule has 5 nitrogen and oxygen atoms in total. The molecule has 2 atom stereocenters. The highest BCUT2D eigenvalue weighted by atomic mass is 35.5. The third kappa shape index (κ3) is 3.86. The number of ether oxygens (including phenoxy) is 1. The molecule has 1 aliphatic rings. The van der Waals surface area contributed by atoms with Gasteiger partial charge >= 0.3 is 0 Å². The van der Waals surface area contributed by atoms with Gasteiger partial charge in [0.25, 0.3) is 0 Å². The summed E-state index contributed by atoms with van der Waals surface area (Å²) < 4.78 is 5.40. The minimum Gasteiger partial charge on any atom is -0.495 e. The Bertz CT molecular complexity index is 720. The fourth-order valence-corrected chi connectivity index (χ4v) is 3.93. The number of halogens is 2. The van der Waals surface area contributed by atoms with Crippen molar-refractivity contribution in [3.05, 3.63) is 45.2 Å². The number of rotatable bonds is 5. The number of nitrogens with zero attached hydrogens (tertiary/aromatic N) is 2. The van der Waals surface area contributed by atoms with Gasteiger partial charge in [0.15, 0.2) is 0 Å². The fourth-order valence-electron chi connectivity index (χ4n) is 3.32. The van der Waals surface area contributed by atoms with Crippen molar-refractivity contribution in [1.82, 2.24) is 15.1 Å². The third-order valence-corrected chi connectivity index (χ3v) is 4.89. The van der Waals surface area contributed by atoms with Gasteiger partial charge in [-0.25, -0.2) is 0 Å². The van der Waals surface area contributed by atoms with Gasteiger partial charge in [0.1, 0.15) is 5.75 Å². The van der Waals surface area contributed by atoms with Gasteiger partial charge in [-0.1, -0.05) is 23.2 Å². The topological polar surface area (TPSA) is 61.4 Å². The first-order valence-electron chi connectivity index (χ1n) is 7.89. The van der Waals surface area contributed by atoms with E-state index in [1.807, 2.05) is 19.1 Å². The van der Waals surface area contributed by atoms with Crippen LogP contribution in [0, 0.1) is 12.8 Å². The standard InChI is InChI=1S/C17H21Cl2N3O2/c1-10-3-14(21-20-10)5-11-7-22(9-16(11)23)8-12-4-13(18)6-15(19)17(12)24-2/h3-4,6,11,16,23H,5,7-9H2,1-2H3,(H,20,21). The Morgan fingerprint density at radius 1 is 1.33 bits per heavy atom. The molecule has 2 aromatic rings. The van der Waals surface area contributed by atoms with Gasteiger partial charge in [-0.15, -0.1) is 0 Å². The van der Waals surface area contributed by atoms with Crippen LogP contribution in [0.3, 0.4) is 0 Å². The first-order chi connectivity index (χ1) is 11.5. The first kappa shape index (κ1) is 17.5. The first-order valence-corrected chi connectivity index (χ1v) is 8.65. The summed E-state index contributed by atoms with van der Waals surface area (Å²) in [6.45, 7) is 4.02. The molecule has 2 heterocycles. The van der Waals surface area contributed by atoms with Gasteiger partial charge < -0.3 is 9.84 Å². The summed E-state index contributed by atoms with van der Waals surface area (Å²) >= 11 is 12.3. The van der Waals surface area contributed by atoms with Crippen LogP contribution in [0.15, 0.2) is 18.2 Å². The van der Waals surface area contributed by atoms with E-state index in [1.54, 1.807) is 13.2 Å². The molecule has 130 valence electrons. The molecule has 24 heavy (non-hydrogen) atoms. The van der Waals surface area contributed by atoms with Crippen LogP contribution in [0.2, 0.25) is 10.0 Å². The number of aromatic amines is 1. The summed E-state index contributed by atoms with van der Waals surface area (Å²) in [6.07, 6.45) is 0.387. The predicted octanol–water partition coefficient (Wildman–Crippen LogP) is 3.07. The van der Waals surface area contributed by atoms with Gasteiger partial charge in [0.05, 0.1) is 23.9 Å². The fraction of sp³-hybridized carbons (Fsp3) is 0.471. The molecular weight excluding hydrogens is 349 g/mol. The molecule has 3 rings (SSSR count). The van der Waals surface area contributed by atoms with Crippen molar-refractivity contribution in [3.63, 3.8) is 0 Å². The van der Waals surface area contributed by atoms with Crippen LogP contribution < -0.4 is 4.74 Å². The molecular formula is C17H21Cl2N3O2. The molecule has 1 fully saturated rings. The van der Waals surface area contributed by atoms with Crippen LogP contribution in [-0.2, 0) is 13.0 Å². The highest BCUT2D eigenvalue weighted by Gasteiger charge is 2.32. The average molecular weight is 370 g/mol. The van der Waals surface area contributed by atoms with E-state index in [4.69, 9.17) is 27.9 Å².